The molecular formula is C16H14N2O2. The number of phenolic OH excluding ortho intramolecular Hbond substituents is 1. The van der Waals surface area contributed by atoms with Crippen LogP contribution in [0.15, 0.2) is 47.5 Å². The monoisotopic (exact) mass is 266 g/mol. The molecular weight excluding hydrogens is 252 g/mol. The first-order valence-electron chi connectivity index (χ1n) is 6.38. The fourth-order valence-electron chi connectivity index (χ4n) is 2.25. The van der Waals surface area contributed by atoms with Crippen LogP contribution < -0.4 is 5.32 Å². The Labute approximate surface area is 116 Å². The number of aromatic hydroxyl groups is 1. The molecule has 1 aliphatic rings. The van der Waals surface area contributed by atoms with Crippen LogP contribution in [0.2, 0.25) is 0 Å². The molecule has 0 aliphatic carbocycles. The molecule has 100 valence electrons. The summed E-state index contributed by atoms with van der Waals surface area (Å²) < 4.78 is 0. The van der Waals surface area contributed by atoms with E-state index in [1.165, 1.54) is 0 Å². The van der Waals surface area contributed by atoms with E-state index < -0.39 is 0 Å². The van der Waals surface area contributed by atoms with Crippen LogP contribution in [0.4, 0.5) is 5.69 Å². The molecule has 0 saturated heterocycles. The molecule has 4 nitrogen and oxygen atoms in total. The number of phenols is 1. The number of rotatable bonds is 1. The molecule has 0 unspecified atom stereocenters. The Hall–Kier alpha value is -2.62. The molecule has 1 amide bonds. The minimum atomic E-state index is -0.0968. The van der Waals surface area contributed by atoms with Gasteiger partial charge in [-0.2, -0.15) is 0 Å². The lowest BCUT2D eigenvalue weighted by Gasteiger charge is -2.10. The van der Waals surface area contributed by atoms with Crippen molar-refractivity contribution in [2.45, 2.75) is 6.92 Å². The molecule has 0 atom stereocenters. The number of carbonyl (C=O) groups excluding carboxylic acids is 1. The molecule has 0 spiro atoms. The van der Waals surface area contributed by atoms with Gasteiger partial charge in [-0.1, -0.05) is 18.2 Å². The molecule has 2 aromatic rings. The molecule has 0 fully saturated rings. The lowest BCUT2D eigenvalue weighted by molar-refractivity contribution is -0.114. The van der Waals surface area contributed by atoms with Crippen LogP contribution in [-0.4, -0.2) is 23.3 Å². The molecule has 1 heterocycles. The maximum atomic E-state index is 11.5. The van der Waals surface area contributed by atoms with Gasteiger partial charge in [-0.15, -0.1) is 0 Å². The van der Waals surface area contributed by atoms with Crippen molar-refractivity contribution >= 4 is 17.3 Å². The van der Waals surface area contributed by atoms with E-state index in [0.29, 0.717) is 0 Å². The Morgan fingerprint density at radius 1 is 1.10 bits per heavy atom. The highest BCUT2D eigenvalue weighted by molar-refractivity contribution is 6.10. The number of fused-ring (bicyclic) bond motifs is 1. The molecule has 0 aromatic heterocycles. The predicted octanol–water partition coefficient (Wildman–Crippen LogP) is 2.82. The Morgan fingerprint density at radius 3 is 2.55 bits per heavy atom. The summed E-state index contributed by atoms with van der Waals surface area (Å²) >= 11 is 0. The summed E-state index contributed by atoms with van der Waals surface area (Å²) in [5.74, 6) is 0.147. The van der Waals surface area contributed by atoms with Crippen molar-refractivity contribution in [2.75, 3.05) is 11.9 Å². The Balaban J connectivity index is 2.08. The minimum absolute atomic E-state index is 0.0968. The van der Waals surface area contributed by atoms with Gasteiger partial charge in [0, 0.05) is 17.0 Å². The number of nitrogens with zero attached hydrogens (tertiary/aromatic N) is 1. The van der Waals surface area contributed by atoms with Crippen molar-refractivity contribution in [3.05, 3.63) is 48.0 Å². The maximum Gasteiger partial charge on any atom is 0.246 e. The number of benzodiazepines with no additional fused rings is 1. The number of amides is 1. The summed E-state index contributed by atoms with van der Waals surface area (Å²) in [6.07, 6.45) is 0. The zero-order valence-electron chi connectivity index (χ0n) is 11.1. The summed E-state index contributed by atoms with van der Waals surface area (Å²) in [6.45, 7) is 2.06. The third-order valence-corrected chi connectivity index (χ3v) is 3.34. The molecule has 2 N–H and O–H groups in total. The molecule has 0 bridgehead atoms. The average molecular weight is 266 g/mol. The van der Waals surface area contributed by atoms with Crippen molar-refractivity contribution in [3.8, 4) is 16.9 Å². The van der Waals surface area contributed by atoms with Gasteiger partial charge >= 0.3 is 0 Å². The predicted molar refractivity (Wildman–Crippen MR) is 79.3 cm³/mol. The van der Waals surface area contributed by atoms with E-state index in [-0.39, 0.29) is 18.2 Å². The smallest absolute Gasteiger partial charge is 0.246 e. The molecule has 2 aromatic carbocycles. The Morgan fingerprint density at radius 2 is 1.80 bits per heavy atom. The molecule has 0 radical (unpaired) electrons. The van der Waals surface area contributed by atoms with Crippen molar-refractivity contribution in [1.29, 1.82) is 0 Å². The molecule has 20 heavy (non-hydrogen) atoms. The third-order valence-electron chi connectivity index (χ3n) is 3.34. The Bertz CT molecular complexity index is 703. The maximum absolute atomic E-state index is 11.5. The quantitative estimate of drug-likeness (QED) is 0.833. The number of benzene rings is 2. The minimum Gasteiger partial charge on any atom is -0.508 e. The van der Waals surface area contributed by atoms with Crippen molar-refractivity contribution < 1.29 is 9.90 Å². The normalized spacial score (nSPS) is 14.1. The first kappa shape index (κ1) is 12.4. The Kier molecular flexibility index (Phi) is 2.99. The first-order valence-corrected chi connectivity index (χ1v) is 6.38. The SMILES string of the molecule is CC1=NCC(=O)Nc2ccc(-c3ccc(O)cc3)cc21. The molecule has 3 rings (SSSR count). The van der Waals surface area contributed by atoms with Crippen molar-refractivity contribution in [1.82, 2.24) is 0 Å². The van der Waals surface area contributed by atoms with Crippen LogP contribution in [0.1, 0.15) is 12.5 Å². The van der Waals surface area contributed by atoms with Gasteiger partial charge in [-0.05, 0) is 42.3 Å². The van der Waals surface area contributed by atoms with E-state index in [4.69, 9.17) is 0 Å². The third kappa shape index (κ3) is 2.28. The highest BCUT2D eigenvalue weighted by atomic mass is 16.3. The number of nitrogens with one attached hydrogen (secondary N) is 1. The number of hydrogen-bond donors (Lipinski definition) is 2. The van der Waals surface area contributed by atoms with Crippen molar-refractivity contribution in [2.24, 2.45) is 4.99 Å². The first-order chi connectivity index (χ1) is 9.63. The van der Waals surface area contributed by atoms with Gasteiger partial charge in [0.15, 0.2) is 0 Å². The fourth-order valence-corrected chi connectivity index (χ4v) is 2.25. The largest absolute Gasteiger partial charge is 0.508 e. The second-order valence-electron chi connectivity index (χ2n) is 4.76. The second kappa shape index (κ2) is 4.81. The molecule has 4 heteroatoms. The van der Waals surface area contributed by atoms with Gasteiger partial charge in [0.05, 0.1) is 0 Å². The fraction of sp³-hybridized carbons (Fsp3) is 0.125. The van der Waals surface area contributed by atoms with Gasteiger partial charge in [0.2, 0.25) is 5.91 Å². The van der Waals surface area contributed by atoms with Gasteiger partial charge in [-0.25, -0.2) is 0 Å². The molecule has 0 saturated carbocycles. The van der Waals surface area contributed by atoms with Crippen LogP contribution in [0.25, 0.3) is 11.1 Å². The number of hydrogen-bond acceptors (Lipinski definition) is 3. The van der Waals surface area contributed by atoms with Gasteiger partial charge in [-0.3, -0.25) is 9.79 Å². The highest BCUT2D eigenvalue weighted by Crippen LogP contribution is 2.28. The summed E-state index contributed by atoms with van der Waals surface area (Å²) in [7, 11) is 0. The number of aliphatic imine (C=N–C) groups is 1. The lowest BCUT2D eigenvalue weighted by Crippen LogP contribution is -2.13. The van der Waals surface area contributed by atoms with Gasteiger partial charge < -0.3 is 10.4 Å². The summed E-state index contributed by atoms with van der Waals surface area (Å²) in [5, 5.41) is 12.2. The standard InChI is InChI=1S/C16H14N2O2/c1-10-14-8-12(11-2-5-13(19)6-3-11)4-7-15(14)18-16(20)9-17-10/h2-8,19H,9H2,1H3,(H,18,20). The zero-order chi connectivity index (χ0) is 14.1. The van der Waals surface area contributed by atoms with E-state index >= 15 is 0 Å². The van der Waals surface area contributed by atoms with E-state index in [1.54, 1.807) is 12.1 Å². The van der Waals surface area contributed by atoms with E-state index in [1.807, 2.05) is 37.3 Å². The van der Waals surface area contributed by atoms with Gasteiger partial charge in [0.1, 0.15) is 12.3 Å². The molecule has 1 aliphatic heterocycles. The van der Waals surface area contributed by atoms with Crippen LogP contribution in [0.3, 0.4) is 0 Å². The zero-order valence-corrected chi connectivity index (χ0v) is 11.1. The van der Waals surface area contributed by atoms with E-state index in [0.717, 1.165) is 28.1 Å². The summed E-state index contributed by atoms with van der Waals surface area (Å²) in [4.78, 5) is 15.8. The van der Waals surface area contributed by atoms with Crippen LogP contribution in [0.5, 0.6) is 5.75 Å². The van der Waals surface area contributed by atoms with Crippen LogP contribution in [-0.2, 0) is 4.79 Å². The lowest BCUT2D eigenvalue weighted by atomic mass is 9.99. The van der Waals surface area contributed by atoms with Crippen LogP contribution in [0, 0.1) is 0 Å². The van der Waals surface area contributed by atoms with Gasteiger partial charge in [0.25, 0.3) is 0 Å². The topological polar surface area (TPSA) is 61.7 Å². The highest BCUT2D eigenvalue weighted by Gasteiger charge is 2.14. The number of anilines is 1. The van der Waals surface area contributed by atoms with Crippen LogP contribution >= 0.6 is 0 Å². The number of carbonyl (C=O) groups is 1. The average Bonchev–Trinajstić information content (AvgIpc) is 2.59. The van der Waals surface area contributed by atoms with Crippen molar-refractivity contribution in [3.63, 3.8) is 0 Å². The van der Waals surface area contributed by atoms with E-state index in [2.05, 4.69) is 10.3 Å². The second-order valence-corrected chi connectivity index (χ2v) is 4.76. The van der Waals surface area contributed by atoms with E-state index in [9.17, 15) is 9.90 Å². The summed E-state index contributed by atoms with van der Waals surface area (Å²) in [6, 6.07) is 12.9. The summed E-state index contributed by atoms with van der Waals surface area (Å²) in [5.41, 5.74) is 4.60.